The van der Waals surface area contributed by atoms with Crippen molar-refractivity contribution in [1.82, 2.24) is 4.90 Å². The Balaban J connectivity index is 1.84. The average molecular weight is 365 g/mol. The van der Waals surface area contributed by atoms with Gasteiger partial charge in [0.25, 0.3) is 5.91 Å². The van der Waals surface area contributed by atoms with Gasteiger partial charge < -0.3 is 15.1 Å². The minimum Gasteiger partial charge on any atom is -0.510 e. The van der Waals surface area contributed by atoms with E-state index in [-0.39, 0.29) is 22.7 Å². The van der Waals surface area contributed by atoms with Crippen molar-refractivity contribution in [3.8, 4) is 0 Å². The molecule has 0 fully saturated rings. The fraction of sp³-hybridized carbons (Fsp3) is 0.200. The van der Waals surface area contributed by atoms with Crippen LogP contribution in [0.25, 0.3) is 0 Å². The largest absolute Gasteiger partial charge is 0.510 e. The van der Waals surface area contributed by atoms with Gasteiger partial charge in [0.2, 0.25) is 0 Å². The summed E-state index contributed by atoms with van der Waals surface area (Å²) in [4.78, 5) is 25.7. The summed E-state index contributed by atoms with van der Waals surface area (Å²) >= 11 is 0. The molecule has 7 heteroatoms. The first-order chi connectivity index (χ1) is 13.0. The molecule has 0 aliphatic carbocycles. The van der Waals surface area contributed by atoms with Gasteiger partial charge in [-0.15, -0.1) is 10.2 Å². The highest BCUT2D eigenvalue weighted by Crippen LogP contribution is 2.23. The summed E-state index contributed by atoms with van der Waals surface area (Å²) in [5.41, 5.74) is 2.13. The number of amides is 1. The second-order valence-corrected chi connectivity index (χ2v) is 6.20. The van der Waals surface area contributed by atoms with E-state index in [0.29, 0.717) is 13.1 Å². The first kappa shape index (κ1) is 18.3. The maximum Gasteiger partial charge on any atom is 0.337 e. The number of benzene rings is 2. The Hall–Kier alpha value is -3.48. The topological polar surface area (TPSA) is 103 Å². The van der Waals surface area contributed by atoms with Gasteiger partial charge in [-0.3, -0.25) is 4.79 Å². The number of carbonyl (C=O) groups is 2. The molecule has 2 N–H and O–H groups in total. The number of carboxylic acid groups (broad SMARTS) is 1. The number of aliphatic hydroxyl groups excluding tert-OH is 1. The number of azo groups is 1. The molecular formula is C20H19N3O4. The van der Waals surface area contributed by atoms with Crippen LogP contribution in [-0.2, 0) is 17.8 Å². The lowest BCUT2D eigenvalue weighted by atomic mass is 10.00. The predicted octanol–water partition coefficient (Wildman–Crippen LogP) is 3.84. The van der Waals surface area contributed by atoms with E-state index >= 15 is 0 Å². The maximum atomic E-state index is 12.8. The lowest BCUT2D eigenvalue weighted by Gasteiger charge is -2.28. The van der Waals surface area contributed by atoms with Crippen LogP contribution in [0.4, 0.5) is 5.69 Å². The Labute approximate surface area is 156 Å². The SMILES string of the molecule is CC(O)=C(N=Nc1ccccc1C(=O)O)C(=O)N1CCc2ccccc2C1. The van der Waals surface area contributed by atoms with Crippen LogP contribution in [0.2, 0.25) is 0 Å². The van der Waals surface area contributed by atoms with Crippen molar-refractivity contribution in [3.63, 3.8) is 0 Å². The van der Waals surface area contributed by atoms with E-state index in [1.165, 1.54) is 24.6 Å². The highest BCUT2D eigenvalue weighted by atomic mass is 16.4. The molecule has 0 spiro atoms. The highest BCUT2D eigenvalue weighted by molar-refractivity contribution is 5.94. The third-order valence-electron chi connectivity index (χ3n) is 4.36. The minimum atomic E-state index is -1.14. The zero-order valence-corrected chi connectivity index (χ0v) is 14.8. The molecule has 138 valence electrons. The Morgan fingerprint density at radius 2 is 1.67 bits per heavy atom. The minimum absolute atomic E-state index is 0.0319. The van der Waals surface area contributed by atoms with E-state index in [2.05, 4.69) is 10.2 Å². The number of nitrogens with zero attached hydrogens (tertiary/aromatic N) is 3. The summed E-state index contributed by atoms with van der Waals surface area (Å²) in [6.45, 7) is 2.29. The molecule has 3 rings (SSSR count). The molecule has 1 aliphatic rings. The Morgan fingerprint density at radius 3 is 2.37 bits per heavy atom. The van der Waals surface area contributed by atoms with Crippen LogP contribution in [-0.4, -0.2) is 33.5 Å². The van der Waals surface area contributed by atoms with Gasteiger partial charge in [0, 0.05) is 13.1 Å². The standard InChI is InChI=1S/C20H19N3O4/c1-13(24)18(22-21-17-9-5-4-8-16(17)20(26)27)19(25)23-11-10-14-6-2-3-7-15(14)12-23/h2-9,24H,10-12H2,1H3,(H,26,27). The number of carbonyl (C=O) groups excluding carboxylic acids is 1. The van der Waals surface area contributed by atoms with Gasteiger partial charge in [0.1, 0.15) is 11.4 Å². The van der Waals surface area contributed by atoms with Crippen LogP contribution >= 0.6 is 0 Å². The van der Waals surface area contributed by atoms with E-state index < -0.39 is 11.9 Å². The molecule has 2 aromatic rings. The number of aliphatic hydroxyl groups is 1. The van der Waals surface area contributed by atoms with Crippen molar-refractivity contribution in [2.75, 3.05) is 6.54 Å². The quantitative estimate of drug-likeness (QED) is 0.488. The lowest BCUT2D eigenvalue weighted by molar-refractivity contribution is -0.128. The zero-order chi connectivity index (χ0) is 19.4. The Morgan fingerprint density at radius 1 is 1.00 bits per heavy atom. The molecule has 1 amide bonds. The number of rotatable bonds is 4. The van der Waals surface area contributed by atoms with Gasteiger partial charge in [0.15, 0.2) is 5.70 Å². The average Bonchev–Trinajstić information content (AvgIpc) is 2.67. The van der Waals surface area contributed by atoms with Crippen LogP contribution in [0.15, 0.2) is 70.2 Å². The molecule has 7 nitrogen and oxygen atoms in total. The number of carboxylic acids is 1. The lowest BCUT2D eigenvalue weighted by Crippen LogP contribution is -2.36. The smallest absolute Gasteiger partial charge is 0.337 e. The van der Waals surface area contributed by atoms with Crippen LogP contribution in [0.5, 0.6) is 0 Å². The summed E-state index contributed by atoms with van der Waals surface area (Å²) in [5.74, 6) is -1.86. The van der Waals surface area contributed by atoms with Crippen molar-refractivity contribution in [1.29, 1.82) is 0 Å². The fourth-order valence-electron chi connectivity index (χ4n) is 2.93. The van der Waals surface area contributed by atoms with Gasteiger partial charge in [-0.05, 0) is 36.6 Å². The highest BCUT2D eigenvalue weighted by Gasteiger charge is 2.25. The first-order valence-corrected chi connectivity index (χ1v) is 8.47. The van der Waals surface area contributed by atoms with Crippen LogP contribution in [0.3, 0.4) is 0 Å². The van der Waals surface area contributed by atoms with Crippen molar-refractivity contribution >= 4 is 17.6 Å². The van der Waals surface area contributed by atoms with E-state index in [9.17, 15) is 19.8 Å². The molecule has 2 aromatic carbocycles. The zero-order valence-electron chi connectivity index (χ0n) is 14.8. The van der Waals surface area contributed by atoms with Gasteiger partial charge in [-0.1, -0.05) is 36.4 Å². The van der Waals surface area contributed by atoms with E-state index in [0.717, 1.165) is 12.0 Å². The summed E-state index contributed by atoms with van der Waals surface area (Å²) in [6.07, 6.45) is 0.721. The van der Waals surface area contributed by atoms with Gasteiger partial charge in [-0.2, -0.15) is 0 Å². The molecule has 0 bridgehead atoms. The van der Waals surface area contributed by atoms with Crippen molar-refractivity contribution in [2.45, 2.75) is 19.9 Å². The summed E-state index contributed by atoms with van der Waals surface area (Å²) in [5, 5.41) is 26.9. The van der Waals surface area contributed by atoms with Crippen molar-refractivity contribution < 1.29 is 19.8 Å². The molecule has 0 unspecified atom stereocenters. The monoisotopic (exact) mass is 365 g/mol. The summed E-state index contributed by atoms with van der Waals surface area (Å²) in [7, 11) is 0. The Kier molecular flexibility index (Phi) is 5.30. The number of fused-ring (bicyclic) bond motifs is 1. The molecule has 0 radical (unpaired) electrons. The third-order valence-corrected chi connectivity index (χ3v) is 4.36. The first-order valence-electron chi connectivity index (χ1n) is 8.47. The van der Waals surface area contributed by atoms with Crippen LogP contribution in [0.1, 0.15) is 28.4 Å². The van der Waals surface area contributed by atoms with E-state index in [1.807, 2.05) is 24.3 Å². The Bertz CT molecular complexity index is 946. The summed E-state index contributed by atoms with van der Waals surface area (Å²) in [6, 6.07) is 14.0. The molecule has 0 atom stereocenters. The summed E-state index contributed by atoms with van der Waals surface area (Å²) < 4.78 is 0. The van der Waals surface area contributed by atoms with Gasteiger partial charge in [0.05, 0.1) is 5.56 Å². The molecule has 27 heavy (non-hydrogen) atoms. The molecule has 0 saturated heterocycles. The maximum absolute atomic E-state index is 12.8. The number of aromatic carboxylic acids is 1. The fourth-order valence-corrected chi connectivity index (χ4v) is 2.93. The second kappa shape index (κ2) is 7.82. The normalized spacial score (nSPS) is 14.6. The predicted molar refractivity (Wildman–Crippen MR) is 98.8 cm³/mol. The van der Waals surface area contributed by atoms with E-state index in [1.54, 1.807) is 17.0 Å². The molecule has 0 saturated carbocycles. The van der Waals surface area contributed by atoms with E-state index in [4.69, 9.17) is 0 Å². The number of hydrogen-bond donors (Lipinski definition) is 2. The second-order valence-electron chi connectivity index (χ2n) is 6.20. The van der Waals surface area contributed by atoms with Gasteiger partial charge >= 0.3 is 5.97 Å². The number of allylic oxidation sites excluding steroid dienone is 1. The molecule has 0 aromatic heterocycles. The van der Waals surface area contributed by atoms with Crippen molar-refractivity contribution in [3.05, 3.63) is 76.7 Å². The number of hydrogen-bond acceptors (Lipinski definition) is 5. The molecular weight excluding hydrogens is 346 g/mol. The molecule has 1 heterocycles. The third kappa shape index (κ3) is 4.03. The van der Waals surface area contributed by atoms with Crippen LogP contribution < -0.4 is 0 Å². The van der Waals surface area contributed by atoms with Gasteiger partial charge in [-0.25, -0.2) is 4.79 Å². The molecule has 1 aliphatic heterocycles. The van der Waals surface area contributed by atoms with Crippen molar-refractivity contribution in [2.24, 2.45) is 10.2 Å². The van der Waals surface area contributed by atoms with Crippen LogP contribution in [0, 0.1) is 0 Å².